The molecule has 7 nitrogen and oxygen atoms in total. The molecule has 0 aromatic carbocycles. The summed E-state index contributed by atoms with van der Waals surface area (Å²) in [4.78, 5) is 15.2. The molecule has 0 fully saturated rings. The summed E-state index contributed by atoms with van der Waals surface area (Å²) in [6.45, 7) is 2.15. The van der Waals surface area contributed by atoms with E-state index in [0.29, 0.717) is 19.3 Å². The average molecular weight is 397 g/mol. The highest BCUT2D eigenvalue weighted by molar-refractivity contribution is 7.86. The second-order valence-corrected chi connectivity index (χ2v) is 8.64. The van der Waals surface area contributed by atoms with Crippen LogP contribution in [0.15, 0.2) is 0 Å². The number of carbonyl (C=O) groups is 1. The lowest BCUT2D eigenvalue weighted by molar-refractivity contribution is -0.657. The normalized spacial score (nSPS) is 14.2. The third-order valence-electron chi connectivity index (χ3n) is 4.70. The maximum atomic E-state index is 11.6. The van der Waals surface area contributed by atoms with Crippen molar-refractivity contribution in [1.29, 1.82) is 0 Å². The van der Waals surface area contributed by atoms with E-state index in [1.165, 1.54) is 19.3 Å². The van der Waals surface area contributed by atoms with Crippen LogP contribution < -0.4 is 5.90 Å². The van der Waals surface area contributed by atoms with Crippen molar-refractivity contribution in [3.05, 3.63) is 0 Å². The van der Waals surface area contributed by atoms with E-state index in [1.54, 1.807) is 0 Å². The van der Waals surface area contributed by atoms with Crippen LogP contribution in [-0.4, -0.2) is 35.4 Å². The van der Waals surface area contributed by atoms with Gasteiger partial charge in [-0.2, -0.15) is 14.3 Å². The van der Waals surface area contributed by atoms with Gasteiger partial charge in [0.25, 0.3) is 10.1 Å². The molecule has 26 heavy (non-hydrogen) atoms. The molecule has 0 amide bonds. The average Bonchev–Trinajstić information content (AvgIpc) is 2.58. The molecular formula is C18H38NO6S+. The van der Waals surface area contributed by atoms with Crippen LogP contribution >= 0.6 is 0 Å². The molecule has 0 aromatic rings. The van der Waals surface area contributed by atoms with Crippen LogP contribution in [0.2, 0.25) is 0 Å². The fraction of sp³-hybridized carbons (Fsp3) is 0.944. The van der Waals surface area contributed by atoms with Crippen molar-refractivity contribution in [3.63, 3.8) is 0 Å². The lowest BCUT2D eigenvalue weighted by Gasteiger charge is -2.20. The second-order valence-electron chi connectivity index (χ2n) is 7.00. The number of quaternary nitrogens is 1. The topological polar surface area (TPSA) is 129 Å². The van der Waals surface area contributed by atoms with Gasteiger partial charge in [0, 0.05) is 0 Å². The predicted octanol–water partition coefficient (Wildman–Crippen LogP) is 2.79. The summed E-state index contributed by atoms with van der Waals surface area (Å²) in [7, 11) is -4.25. The number of unbranched alkanes of at least 4 members (excludes halogenated alkanes) is 9. The van der Waals surface area contributed by atoms with Gasteiger partial charge in [0.05, 0.1) is 12.5 Å². The number of aliphatic hydroxyl groups excluding tert-OH is 1. The lowest BCUT2D eigenvalue weighted by Crippen LogP contribution is -2.51. The Bertz CT molecular complexity index is 455. The van der Waals surface area contributed by atoms with Crippen molar-refractivity contribution >= 4 is 16.1 Å². The molecule has 0 aliphatic carbocycles. The van der Waals surface area contributed by atoms with Crippen LogP contribution in [0.1, 0.15) is 96.8 Å². The van der Waals surface area contributed by atoms with Gasteiger partial charge in [0.2, 0.25) is 0 Å². The summed E-state index contributed by atoms with van der Waals surface area (Å²) >= 11 is 0. The molecule has 0 heterocycles. The van der Waals surface area contributed by atoms with Crippen LogP contribution in [0.4, 0.5) is 0 Å². The van der Waals surface area contributed by atoms with Gasteiger partial charge in [-0.05, 0) is 19.3 Å². The minimum Gasteiger partial charge on any atom is -0.392 e. The Morgan fingerprint density at radius 2 is 1.42 bits per heavy atom. The Kier molecular flexibility index (Phi) is 15.0. The standard InChI is InChI=1S/C18H37NO6S/c1-2-3-4-5-7-10-13-16(20)17(26(22,23)24)14-11-8-6-9-12-15-18(21)25-19/h16-17,20H,2-15H2,1,19H3/p+1. The molecule has 0 aliphatic heterocycles. The third-order valence-corrected chi connectivity index (χ3v) is 6.01. The van der Waals surface area contributed by atoms with Crippen LogP contribution in [0.25, 0.3) is 0 Å². The van der Waals surface area contributed by atoms with E-state index < -0.39 is 21.5 Å². The highest BCUT2D eigenvalue weighted by Crippen LogP contribution is 2.20. The van der Waals surface area contributed by atoms with Crippen molar-refractivity contribution in [2.24, 2.45) is 0 Å². The number of carbonyl (C=O) groups excluding carboxylic acids is 1. The Labute approximate surface area is 158 Å². The first kappa shape index (κ1) is 25.3. The Morgan fingerprint density at radius 1 is 0.923 bits per heavy atom. The van der Waals surface area contributed by atoms with Crippen molar-refractivity contribution < 1.29 is 33.6 Å². The highest BCUT2D eigenvalue weighted by Gasteiger charge is 2.29. The van der Waals surface area contributed by atoms with Crippen LogP contribution in [-0.2, 0) is 19.8 Å². The smallest absolute Gasteiger partial charge is 0.366 e. The number of hydrogen-bond donors (Lipinski definition) is 3. The fourth-order valence-electron chi connectivity index (χ4n) is 3.08. The zero-order valence-corrected chi connectivity index (χ0v) is 17.0. The molecule has 0 saturated carbocycles. The largest absolute Gasteiger partial charge is 0.392 e. The van der Waals surface area contributed by atoms with Gasteiger partial charge < -0.3 is 5.11 Å². The van der Waals surface area contributed by atoms with E-state index in [1.807, 2.05) is 0 Å². The number of hydrogen-bond acceptors (Lipinski definition) is 5. The summed E-state index contributed by atoms with van der Waals surface area (Å²) < 4.78 is 32.5. The molecule has 0 aromatic heterocycles. The van der Waals surface area contributed by atoms with Crippen molar-refractivity contribution in [1.82, 2.24) is 0 Å². The molecule has 8 heteroatoms. The molecule has 2 atom stereocenters. The Balaban J connectivity index is 4.00. The second kappa shape index (κ2) is 15.4. The van der Waals surface area contributed by atoms with Gasteiger partial charge in [-0.1, -0.05) is 71.1 Å². The summed E-state index contributed by atoms with van der Waals surface area (Å²) in [5.41, 5.74) is 0. The van der Waals surface area contributed by atoms with E-state index >= 15 is 0 Å². The van der Waals surface area contributed by atoms with Gasteiger partial charge in [0.15, 0.2) is 0 Å². The molecule has 0 aliphatic rings. The first-order chi connectivity index (χ1) is 12.3. The first-order valence-electron chi connectivity index (χ1n) is 9.92. The summed E-state index contributed by atoms with van der Waals surface area (Å²) in [6, 6.07) is 0. The summed E-state index contributed by atoms with van der Waals surface area (Å²) in [6.07, 6.45) is 10.3. The molecule has 0 rings (SSSR count). The molecule has 0 bridgehead atoms. The minimum absolute atomic E-state index is 0.261. The van der Waals surface area contributed by atoms with Gasteiger partial charge in [-0.3, -0.25) is 9.39 Å². The highest BCUT2D eigenvalue weighted by atomic mass is 32.2. The predicted molar refractivity (Wildman–Crippen MR) is 101 cm³/mol. The fourth-order valence-corrected chi connectivity index (χ4v) is 4.07. The van der Waals surface area contributed by atoms with E-state index in [4.69, 9.17) is 0 Å². The molecule has 0 saturated heterocycles. The zero-order valence-electron chi connectivity index (χ0n) is 16.2. The lowest BCUT2D eigenvalue weighted by atomic mass is 10.0. The molecule has 0 spiro atoms. The molecule has 0 radical (unpaired) electrons. The van der Waals surface area contributed by atoms with Crippen molar-refractivity contribution in [3.8, 4) is 0 Å². The van der Waals surface area contributed by atoms with Crippen molar-refractivity contribution in [2.45, 2.75) is 108 Å². The van der Waals surface area contributed by atoms with Crippen LogP contribution in [0.3, 0.4) is 0 Å². The monoisotopic (exact) mass is 396 g/mol. The zero-order chi connectivity index (χ0) is 19.8. The van der Waals surface area contributed by atoms with E-state index in [0.717, 1.165) is 44.9 Å². The van der Waals surface area contributed by atoms with Crippen molar-refractivity contribution in [2.75, 3.05) is 0 Å². The van der Waals surface area contributed by atoms with Gasteiger partial charge in [-0.15, -0.1) is 0 Å². The SMILES string of the molecule is CCCCCCCCC(O)C(CCCCCCCC(=O)O[NH3+])S(=O)(=O)O. The summed E-state index contributed by atoms with van der Waals surface area (Å²) in [5.74, 6) is 2.73. The minimum atomic E-state index is -4.25. The maximum Gasteiger partial charge on any atom is 0.366 e. The van der Waals surface area contributed by atoms with E-state index in [-0.39, 0.29) is 12.4 Å². The van der Waals surface area contributed by atoms with E-state index in [2.05, 4.69) is 17.7 Å². The van der Waals surface area contributed by atoms with Gasteiger partial charge in [-0.25, -0.2) is 4.79 Å². The summed E-state index contributed by atoms with van der Waals surface area (Å²) in [5, 5.41) is 9.08. The Hall–Kier alpha value is -0.700. The molecule has 2 unspecified atom stereocenters. The van der Waals surface area contributed by atoms with Crippen LogP contribution in [0, 0.1) is 0 Å². The quantitative estimate of drug-likeness (QED) is 0.197. The molecule has 5 N–H and O–H groups in total. The number of aliphatic hydroxyl groups is 1. The molecule has 156 valence electrons. The van der Waals surface area contributed by atoms with E-state index in [9.17, 15) is 22.9 Å². The van der Waals surface area contributed by atoms with Gasteiger partial charge in [0.1, 0.15) is 5.25 Å². The van der Waals surface area contributed by atoms with Gasteiger partial charge >= 0.3 is 5.97 Å². The third kappa shape index (κ3) is 13.5. The first-order valence-corrected chi connectivity index (χ1v) is 11.4. The van der Waals surface area contributed by atoms with Crippen LogP contribution in [0.5, 0.6) is 0 Å². The maximum absolute atomic E-state index is 11.6. The Morgan fingerprint density at radius 3 is 1.96 bits per heavy atom. The molecular weight excluding hydrogens is 358 g/mol. The number of rotatable bonds is 17.